The van der Waals surface area contributed by atoms with Gasteiger partial charge in [-0.3, -0.25) is 0 Å². The summed E-state index contributed by atoms with van der Waals surface area (Å²) in [6.45, 7) is 6.53. The van der Waals surface area contributed by atoms with Crippen molar-refractivity contribution < 1.29 is 0 Å². The summed E-state index contributed by atoms with van der Waals surface area (Å²) in [4.78, 5) is 6.96. The van der Waals surface area contributed by atoms with Crippen molar-refractivity contribution >= 4 is 28.7 Å². The van der Waals surface area contributed by atoms with Crippen LogP contribution in [0.25, 0.3) is 0 Å². The van der Waals surface area contributed by atoms with E-state index in [1.165, 1.54) is 5.56 Å². The zero-order valence-corrected chi connectivity index (χ0v) is 13.7. The largest absolute Gasteiger partial charge is 0.389 e. The minimum absolute atomic E-state index is 0.0980. The number of benzene rings is 1. The van der Waals surface area contributed by atoms with E-state index < -0.39 is 0 Å². The molecule has 2 rings (SSSR count). The van der Waals surface area contributed by atoms with Gasteiger partial charge in [-0.25, -0.2) is 4.98 Å². The van der Waals surface area contributed by atoms with Crippen molar-refractivity contribution in [2.24, 2.45) is 5.73 Å². The minimum atomic E-state index is 0.0980. The van der Waals surface area contributed by atoms with Crippen LogP contribution in [0.2, 0.25) is 0 Å². The van der Waals surface area contributed by atoms with Crippen LogP contribution in [0.4, 0.5) is 11.5 Å². The lowest BCUT2D eigenvalue weighted by Crippen LogP contribution is -2.19. The summed E-state index contributed by atoms with van der Waals surface area (Å²) >= 11 is 5.12. The van der Waals surface area contributed by atoms with Crippen molar-refractivity contribution in [1.82, 2.24) is 4.98 Å². The predicted octanol–water partition coefficient (Wildman–Crippen LogP) is 3.78. The molecule has 2 aromatic rings. The second-order valence-corrected chi connectivity index (χ2v) is 6.54. The SMILES string of the molecule is CN(c1ccc(C(C)(C)C)cn1)c1ccccc1C(N)=S. The number of pyridine rings is 1. The van der Waals surface area contributed by atoms with Crippen molar-refractivity contribution in [2.75, 3.05) is 11.9 Å². The second kappa shape index (κ2) is 5.82. The van der Waals surface area contributed by atoms with Gasteiger partial charge in [-0.2, -0.15) is 0 Å². The maximum Gasteiger partial charge on any atom is 0.132 e. The topological polar surface area (TPSA) is 42.2 Å². The highest BCUT2D eigenvalue weighted by Gasteiger charge is 2.16. The van der Waals surface area contributed by atoms with E-state index >= 15 is 0 Å². The number of anilines is 2. The molecule has 4 heteroatoms. The van der Waals surface area contributed by atoms with Crippen LogP contribution < -0.4 is 10.6 Å². The Hall–Kier alpha value is -1.94. The van der Waals surface area contributed by atoms with Crippen molar-refractivity contribution in [2.45, 2.75) is 26.2 Å². The van der Waals surface area contributed by atoms with Crippen LogP contribution in [0.5, 0.6) is 0 Å². The van der Waals surface area contributed by atoms with Gasteiger partial charge in [0.1, 0.15) is 10.8 Å². The van der Waals surface area contributed by atoms with E-state index in [0.29, 0.717) is 4.99 Å². The van der Waals surface area contributed by atoms with Crippen LogP contribution in [0.1, 0.15) is 31.9 Å². The summed E-state index contributed by atoms with van der Waals surface area (Å²) < 4.78 is 0. The molecule has 0 spiro atoms. The average molecular weight is 299 g/mol. The molecule has 0 fully saturated rings. The Balaban J connectivity index is 2.37. The highest BCUT2D eigenvalue weighted by atomic mass is 32.1. The summed E-state index contributed by atoms with van der Waals surface area (Å²) in [7, 11) is 1.97. The zero-order valence-electron chi connectivity index (χ0n) is 12.9. The molecule has 1 aromatic carbocycles. The third kappa shape index (κ3) is 3.39. The molecule has 1 heterocycles. The molecule has 0 radical (unpaired) electrons. The maximum atomic E-state index is 5.80. The zero-order chi connectivity index (χ0) is 15.6. The lowest BCUT2D eigenvalue weighted by molar-refractivity contribution is 0.587. The third-order valence-electron chi connectivity index (χ3n) is 3.49. The average Bonchev–Trinajstić information content (AvgIpc) is 2.45. The quantitative estimate of drug-likeness (QED) is 0.876. The van der Waals surface area contributed by atoms with E-state index in [-0.39, 0.29) is 5.41 Å². The number of nitrogens with two attached hydrogens (primary N) is 1. The van der Waals surface area contributed by atoms with E-state index in [9.17, 15) is 0 Å². The van der Waals surface area contributed by atoms with E-state index in [2.05, 4.69) is 31.8 Å². The molecule has 0 aliphatic rings. The van der Waals surface area contributed by atoms with E-state index in [1.54, 1.807) is 0 Å². The Kier molecular flexibility index (Phi) is 4.28. The normalized spacial score (nSPS) is 11.2. The molecule has 110 valence electrons. The summed E-state index contributed by atoms with van der Waals surface area (Å²) in [5.41, 5.74) is 8.92. The van der Waals surface area contributed by atoms with Crippen LogP contribution in [-0.4, -0.2) is 17.0 Å². The highest BCUT2D eigenvalue weighted by Crippen LogP contribution is 2.27. The van der Waals surface area contributed by atoms with Crippen molar-refractivity contribution in [1.29, 1.82) is 0 Å². The third-order valence-corrected chi connectivity index (χ3v) is 3.71. The first-order valence-corrected chi connectivity index (χ1v) is 7.30. The number of para-hydroxylation sites is 1. The fourth-order valence-corrected chi connectivity index (χ4v) is 2.30. The minimum Gasteiger partial charge on any atom is -0.389 e. The molecule has 0 aliphatic heterocycles. The fourth-order valence-electron chi connectivity index (χ4n) is 2.13. The molecular formula is C17H21N3S. The highest BCUT2D eigenvalue weighted by molar-refractivity contribution is 7.80. The molecule has 0 bridgehead atoms. The number of thiocarbonyl (C=S) groups is 1. The number of nitrogens with zero attached hydrogens (tertiary/aromatic N) is 2. The first-order chi connectivity index (χ1) is 9.80. The van der Waals surface area contributed by atoms with Gasteiger partial charge in [0.25, 0.3) is 0 Å². The molecular weight excluding hydrogens is 278 g/mol. The Labute approximate surface area is 131 Å². The molecule has 0 saturated carbocycles. The van der Waals surface area contributed by atoms with Crippen LogP contribution in [0.15, 0.2) is 42.6 Å². The molecule has 21 heavy (non-hydrogen) atoms. The summed E-state index contributed by atoms with van der Waals surface area (Å²) in [5, 5.41) is 0. The van der Waals surface area contributed by atoms with Gasteiger partial charge in [-0.05, 0) is 29.2 Å². The Morgan fingerprint density at radius 1 is 1.14 bits per heavy atom. The summed E-state index contributed by atoms with van der Waals surface area (Å²) in [6, 6.07) is 12.0. The smallest absolute Gasteiger partial charge is 0.132 e. The van der Waals surface area contributed by atoms with Crippen LogP contribution in [0, 0.1) is 0 Å². The molecule has 1 aromatic heterocycles. The van der Waals surface area contributed by atoms with Gasteiger partial charge < -0.3 is 10.6 Å². The van der Waals surface area contributed by atoms with Gasteiger partial charge in [0.2, 0.25) is 0 Å². The summed E-state index contributed by atoms with van der Waals surface area (Å²) in [6.07, 6.45) is 1.93. The molecule has 0 amide bonds. The van der Waals surface area contributed by atoms with Crippen molar-refractivity contribution in [3.63, 3.8) is 0 Å². The van der Waals surface area contributed by atoms with Crippen LogP contribution in [-0.2, 0) is 5.41 Å². The lowest BCUT2D eigenvalue weighted by atomic mass is 9.88. The lowest BCUT2D eigenvalue weighted by Gasteiger charge is -2.23. The molecule has 3 nitrogen and oxygen atoms in total. The first kappa shape index (κ1) is 15.4. The first-order valence-electron chi connectivity index (χ1n) is 6.90. The van der Waals surface area contributed by atoms with Gasteiger partial charge >= 0.3 is 0 Å². The number of rotatable bonds is 3. The standard InChI is InChI=1S/C17H21N3S/c1-17(2,3)12-9-10-15(19-11-12)20(4)14-8-6-5-7-13(14)16(18)21/h5-11H,1-4H3,(H2,18,21). The fraction of sp³-hybridized carbons (Fsp3) is 0.294. The van der Waals surface area contributed by atoms with Crippen molar-refractivity contribution in [3.8, 4) is 0 Å². The Bertz CT molecular complexity index is 642. The van der Waals surface area contributed by atoms with Gasteiger partial charge in [-0.15, -0.1) is 0 Å². The van der Waals surface area contributed by atoms with E-state index in [1.807, 2.05) is 48.5 Å². The summed E-state index contributed by atoms with van der Waals surface area (Å²) in [5.74, 6) is 0.867. The monoisotopic (exact) mass is 299 g/mol. The molecule has 0 atom stereocenters. The van der Waals surface area contributed by atoms with Crippen molar-refractivity contribution in [3.05, 3.63) is 53.7 Å². The van der Waals surface area contributed by atoms with Gasteiger partial charge in [0, 0.05) is 18.8 Å². The van der Waals surface area contributed by atoms with Crippen LogP contribution in [0.3, 0.4) is 0 Å². The maximum absolute atomic E-state index is 5.80. The van der Waals surface area contributed by atoms with E-state index in [0.717, 1.165) is 17.1 Å². The van der Waals surface area contributed by atoms with Gasteiger partial charge in [0.05, 0.1) is 5.69 Å². The van der Waals surface area contributed by atoms with Gasteiger partial charge in [0.15, 0.2) is 0 Å². The molecule has 0 unspecified atom stereocenters. The van der Waals surface area contributed by atoms with Crippen LogP contribution >= 0.6 is 12.2 Å². The number of aromatic nitrogens is 1. The second-order valence-electron chi connectivity index (χ2n) is 6.10. The molecule has 2 N–H and O–H groups in total. The number of hydrogen-bond donors (Lipinski definition) is 1. The Morgan fingerprint density at radius 2 is 1.81 bits per heavy atom. The molecule has 0 saturated heterocycles. The van der Waals surface area contributed by atoms with E-state index in [4.69, 9.17) is 18.0 Å². The number of hydrogen-bond acceptors (Lipinski definition) is 3. The molecule has 0 aliphatic carbocycles. The predicted molar refractivity (Wildman–Crippen MR) is 93.3 cm³/mol. The van der Waals surface area contributed by atoms with Gasteiger partial charge in [-0.1, -0.05) is 51.2 Å². The Morgan fingerprint density at radius 3 is 2.33 bits per heavy atom.